The number of fused-ring (bicyclic) bond motifs is 1. The van der Waals surface area contributed by atoms with Gasteiger partial charge in [0.15, 0.2) is 5.78 Å². The lowest BCUT2D eigenvalue weighted by Gasteiger charge is -2.11. The maximum absolute atomic E-state index is 12.2. The lowest BCUT2D eigenvalue weighted by Crippen LogP contribution is -2.27. The predicted molar refractivity (Wildman–Crippen MR) is 41.9 cm³/mol. The molecule has 0 N–H and O–H groups in total. The van der Waals surface area contributed by atoms with Gasteiger partial charge in [-0.1, -0.05) is 0 Å². The van der Waals surface area contributed by atoms with E-state index in [-0.39, 0.29) is 11.3 Å². The molecule has 1 aliphatic rings. The zero-order valence-electron chi connectivity index (χ0n) is 6.39. The standard InChI is InChI=1S/C8H5F3OS/c9-8(10,11)5-3-4-1-2-13-7(4)6(5)12/h1-2,5H,3H2. The summed E-state index contributed by atoms with van der Waals surface area (Å²) in [5.74, 6) is -2.56. The number of halogens is 3. The molecule has 0 amide bonds. The second-order valence-corrected chi connectivity index (χ2v) is 3.85. The Labute approximate surface area is 76.2 Å². The minimum Gasteiger partial charge on any atom is -0.293 e. The van der Waals surface area contributed by atoms with Crippen LogP contribution < -0.4 is 0 Å². The van der Waals surface area contributed by atoms with E-state index in [1.807, 2.05) is 0 Å². The molecule has 1 aromatic heterocycles. The van der Waals surface area contributed by atoms with E-state index in [0.717, 1.165) is 11.3 Å². The van der Waals surface area contributed by atoms with Gasteiger partial charge in [-0.3, -0.25) is 4.79 Å². The van der Waals surface area contributed by atoms with Gasteiger partial charge in [-0.25, -0.2) is 0 Å². The van der Waals surface area contributed by atoms with Crippen molar-refractivity contribution < 1.29 is 18.0 Å². The first-order valence-corrected chi connectivity index (χ1v) is 4.55. The molecule has 0 radical (unpaired) electrons. The summed E-state index contributed by atoms with van der Waals surface area (Å²) in [7, 11) is 0. The second-order valence-electron chi connectivity index (χ2n) is 2.94. The van der Waals surface area contributed by atoms with Gasteiger partial charge in [0, 0.05) is 0 Å². The van der Waals surface area contributed by atoms with Crippen LogP contribution in [0.2, 0.25) is 0 Å². The van der Waals surface area contributed by atoms with Crippen molar-refractivity contribution in [2.45, 2.75) is 12.6 Å². The number of carbonyl (C=O) groups excluding carboxylic acids is 1. The molecule has 0 fully saturated rings. The van der Waals surface area contributed by atoms with Crippen molar-refractivity contribution in [1.82, 2.24) is 0 Å². The highest BCUT2D eigenvalue weighted by molar-refractivity contribution is 7.12. The van der Waals surface area contributed by atoms with Gasteiger partial charge in [-0.05, 0) is 23.4 Å². The number of rotatable bonds is 0. The fraction of sp³-hybridized carbons (Fsp3) is 0.375. The van der Waals surface area contributed by atoms with Crippen molar-refractivity contribution >= 4 is 17.1 Å². The number of thiophene rings is 1. The molecular formula is C8H5F3OS. The first-order valence-electron chi connectivity index (χ1n) is 3.67. The van der Waals surface area contributed by atoms with Gasteiger partial charge in [0.2, 0.25) is 0 Å². The maximum atomic E-state index is 12.2. The minimum absolute atomic E-state index is 0.179. The zero-order valence-corrected chi connectivity index (χ0v) is 7.21. The highest BCUT2D eigenvalue weighted by atomic mass is 32.1. The molecule has 2 rings (SSSR count). The smallest absolute Gasteiger partial charge is 0.293 e. The van der Waals surface area contributed by atoms with Crippen molar-refractivity contribution in [2.75, 3.05) is 0 Å². The summed E-state index contributed by atoms with van der Waals surface area (Å²) in [4.78, 5) is 11.5. The molecule has 1 atom stereocenters. The molecule has 0 saturated carbocycles. The first kappa shape index (κ1) is 8.74. The maximum Gasteiger partial charge on any atom is 0.399 e. The molecule has 0 spiro atoms. The van der Waals surface area contributed by atoms with E-state index in [1.165, 1.54) is 0 Å². The molecule has 1 aromatic rings. The van der Waals surface area contributed by atoms with Crippen LogP contribution in [0.4, 0.5) is 13.2 Å². The number of Topliss-reactive ketones (excluding diaryl/α,β-unsaturated/α-hetero) is 1. The molecule has 1 aliphatic carbocycles. The third kappa shape index (κ3) is 1.27. The number of hydrogen-bond donors (Lipinski definition) is 0. The Bertz CT molecular complexity index is 353. The summed E-state index contributed by atoms with van der Waals surface area (Å²) >= 11 is 1.09. The summed E-state index contributed by atoms with van der Waals surface area (Å²) < 4.78 is 36.7. The van der Waals surface area contributed by atoms with E-state index in [2.05, 4.69) is 0 Å². The fourth-order valence-electron chi connectivity index (χ4n) is 1.45. The topological polar surface area (TPSA) is 17.1 Å². The van der Waals surface area contributed by atoms with E-state index in [4.69, 9.17) is 0 Å². The summed E-state index contributed by atoms with van der Waals surface area (Å²) in [6.07, 6.45) is -4.57. The Morgan fingerprint density at radius 2 is 2.15 bits per heavy atom. The van der Waals surface area contributed by atoms with Crippen LogP contribution in [-0.2, 0) is 6.42 Å². The minimum atomic E-state index is -4.39. The van der Waals surface area contributed by atoms with Gasteiger partial charge in [-0.2, -0.15) is 13.2 Å². The van der Waals surface area contributed by atoms with Crippen molar-refractivity contribution in [3.63, 3.8) is 0 Å². The lowest BCUT2D eigenvalue weighted by molar-refractivity contribution is -0.158. The van der Waals surface area contributed by atoms with Crippen LogP contribution in [0, 0.1) is 5.92 Å². The molecule has 0 bridgehead atoms. The predicted octanol–water partition coefficient (Wildman–Crippen LogP) is 2.67. The molecule has 0 saturated heterocycles. The Kier molecular flexibility index (Phi) is 1.73. The lowest BCUT2D eigenvalue weighted by atomic mass is 10.1. The normalized spacial score (nSPS) is 22.1. The Morgan fingerprint density at radius 3 is 2.69 bits per heavy atom. The van der Waals surface area contributed by atoms with E-state index in [0.29, 0.717) is 5.56 Å². The largest absolute Gasteiger partial charge is 0.399 e. The highest BCUT2D eigenvalue weighted by Crippen LogP contribution is 2.39. The number of ketones is 1. The molecule has 13 heavy (non-hydrogen) atoms. The van der Waals surface area contributed by atoms with Crippen molar-refractivity contribution in [1.29, 1.82) is 0 Å². The first-order chi connectivity index (χ1) is 6.00. The highest BCUT2D eigenvalue weighted by Gasteiger charge is 2.49. The zero-order chi connectivity index (χ0) is 9.64. The Balaban J connectivity index is 2.35. The van der Waals surface area contributed by atoms with Gasteiger partial charge in [0.05, 0.1) is 4.88 Å². The van der Waals surface area contributed by atoms with E-state index in [9.17, 15) is 18.0 Å². The van der Waals surface area contributed by atoms with Crippen LogP contribution in [0.5, 0.6) is 0 Å². The fourth-order valence-corrected chi connectivity index (χ4v) is 2.38. The molecule has 1 heterocycles. The van der Waals surface area contributed by atoms with Crippen LogP contribution in [0.15, 0.2) is 11.4 Å². The van der Waals surface area contributed by atoms with Crippen molar-refractivity contribution in [3.8, 4) is 0 Å². The second kappa shape index (κ2) is 2.57. The molecular weight excluding hydrogens is 201 g/mol. The molecule has 70 valence electrons. The average Bonchev–Trinajstić information content (AvgIpc) is 2.51. The molecule has 5 heteroatoms. The number of alkyl halides is 3. The molecule has 1 nitrogen and oxygen atoms in total. The van der Waals surface area contributed by atoms with Gasteiger partial charge >= 0.3 is 6.18 Å². The van der Waals surface area contributed by atoms with Crippen LogP contribution in [0.1, 0.15) is 15.2 Å². The van der Waals surface area contributed by atoms with Gasteiger partial charge in [-0.15, -0.1) is 11.3 Å². The third-order valence-corrected chi connectivity index (χ3v) is 3.08. The van der Waals surface area contributed by atoms with Crippen molar-refractivity contribution in [2.24, 2.45) is 5.92 Å². The molecule has 0 aliphatic heterocycles. The van der Waals surface area contributed by atoms with E-state index < -0.39 is 17.9 Å². The quantitative estimate of drug-likeness (QED) is 0.637. The monoisotopic (exact) mass is 206 g/mol. The van der Waals surface area contributed by atoms with Gasteiger partial charge < -0.3 is 0 Å². The average molecular weight is 206 g/mol. The van der Waals surface area contributed by atoms with Gasteiger partial charge in [0.25, 0.3) is 0 Å². The van der Waals surface area contributed by atoms with Crippen LogP contribution >= 0.6 is 11.3 Å². The van der Waals surface area contributed by atoms with Gasteiger partial charge in [0.1, 0.15) is 5.92 Å². The summed E-state index contributed by atoms with van der Waals surface area (Å²) in [6, 6.07) is 1.59. The number of carbonyl (C=O) groups is 1. The van der Waals surface area contributed by atoms with E-state index in [1.54, 1.807) is 11.4 Å². The molecule has 1 unspecified atom stereocenters. The van der Waals surface area contributed by atoms with Crippen LogP contribution in [0.25, 0.3) is 0 Å². The van der Waals surface area contributed by atoms with Crippen LogP contribution in [0.3, 0.4) is 0 Å². The summed E-state index contributed by atoms with van der Waals surface area (Å²) in [5.41, 5.74) is 0.539. The van der Waals surface area contributed by atoms with Crippen LogP contribution in [-0.4, -0.2) is 12.0 Å². The number of hydrogen-bond acceptors (Lipinski definition) is 2. The SMILES string of the molecule is O=C1c2sccc2CC1C(F)(F)F. The summed E-state index contributed by atoms with van der Waals surface area (Å²) in [5, 5.41) is 1.65. The Hall–Kier alpha value is -0.840. The Morgan fingerprint density at radius 1 is 1.46 bits per heavy atom. The van der Waals surface area contributed by atoms with E-state index >= 15 is 0 Å². The molecule has 0 aromatic carbocycles. The summed E-state index contributed by atoms with van der Waals surface area (Å²) in [6.45, 7) is 0. The third-order valence-electron chi connectivity index (χ3n) is 2.11. The van der Waals surface area contributed by atoms with Crippen molar-refractivity contribution in [3.05, 3.63) is 21.9 Å².